The van der Waals surface area contributed by atoms with Crippen LogP contribution in [0.4, 0.5) is 0 Å². The second-order valence-electron chi connectivity index (χ2n) is 16.6. The number of hydrogen-bond acceptors (Lipinski definition) is 7. The van der Waals surface area contributed by atoms with Crippen LogP contribution in [0.15, 0.2) is 57.7 Å². The molecule has 2 aliphatic carbocycles. The van der Waals surface area contributed by atoms with E-state index in [0.29, 0.717) is 82.6 Å². The van der Waals surface area contributed by atoms with Crippen molar-refractivity contribution in [1.82, 2.24) is 0 Å². The first-order valence-corrected chi connectivity index (χ1v) is 18.0. The summed E-state index contributed by atoms with van der Waals surface area (Å²) in [6.07, 6.45) is 14.1. The van der Waals surface area contributed by atoms with E-state index in [1.54, 1.807) is 6.92 Å². The van der Waals surface area contributed by atoms with E-state index in [-0.39, 0.29) is 23.8 Å². The molecule has 0 aromatic rings. The van der Waals surface area contributed by atoms with E-state index in [1.165, 1.54) is 0 Å². The number of carbonyl (C=O) groups excluding carboxylic acids is 2. The van der Waals surface area contributed by atoms with Crippen LogP contribution in [0.1, 0.15) is 126 Å². The zero-order valence-electron chi connectivity index (χ0n) is 29.6. The Morgan fingerprint density at radius 3 is 2.34 bits per heavy atom. The van der Waals surface area contributed by atoms with E-state index in [9.17, 15) is 20.1 Å². The molecule has 7 nitrogen and oxygen atoms in total. The molecule has 0 aromatic carbocycles. The van der Waals surface area contributed by atoms with Gasteiger partial charge in [-0.1, -0.05) is 54.9 Å². The van der Waals surface area contributed by atoms with Gasteiger partial charge in [0, 0.05) is 11.5 Å². The molecule has 8 atom stereocenters. The van der Waals surface area contributed by atoms with Crippen LogP contribution in [0.25, 0.3) is 0 Å². The molecular formula is C40H56O7. The molecule has 0 amide bonds. The third kappa shape index (κ3) is 5.53. The van der Waals surface area contributed by atoms with Gasteiger partial charge in [0.25, 0.3) is 0 Å². The van der Waals surface area contributed by atoms with Crippen LogP contribution >= 0.6 is 0 Å². The van der Waals surface area contributed by atoms with Crippen LogP contribution in [-0.2, 0) is 19.1 Å². The lowest BCUT2D eigenvalue weighted by Gasteiger charge is -2.48. The second-order valence-corrected chi connectivity index (χ2v) is 16.6. The monoisotopic (exact) mass is 648 g/mol. The number of ether oxygens (including phenoxy) is 2. The maximum Gasteiger partial charge on any atom is 0.334 e. The Kier molecular flexibility index (Phi) is 8.66. The number of aliphatic hydroxyl groups excluding tert-OH is 1. The molecule has 2 fully saturated rings. The first-order valence-electron chi connectivity index (χ1n) is 18.0. The number of allylic oxidation sites excluding steroid dienone is 7. The van der Waals surface area contributed by atoms with E-state index in [2.05, 4.69) is 45.9 Å². The molecule has 3 N–H and O–H groups in total. The lowest BCUT2D eigenvalue weighted by molar-refractivity contribution is -0.209. The Morgan fingerprint density at radius 1 is 0.872 bits per heavy atom. The van der Waals surface area contributed by atoms with Gasteiger partial charge >= 0.3 is 11.9 Å². The third-order valence-electron chi connectivity index (χ3n) is 13.2. The van der Waals surface area contributed by atoms with Crippen molar-refractivity contribution in [3.05, 3.63) is 57.7 Å². The quantitative estimate of drug-likeness (QED) is 0.205. The first-order chi connectivity index (χ1) is 22.0. The summed E-state index contributed by atoms with van der Waals surface area (Å²) in [5.41, 5.74) is 0.292. The minimum absolute atomic E-state index is 0.140. The highest BCUT2D eigenvalue weighted by atomic mass is 16.6. The first kappa shape index (κ1) is 34.4. The topological polar surface area (TPSA) is 113 Å². The molecule has 1 saturated heterocycles. The van der Waals surface area contributed by atoms with E-state index in [0.717, 1.165) is 27.9 Å². The lowest BCUT2D eigenvalue weighted by Crippen LogP contribution is -2.59. The Labute approximate surface area is 280 Å². The molecule has 6 aliphatic rings. The van der Waals surface area contributed by atoms with Gasteiger partial charge in [-0.05, 0) is 135 Å². The normalized spacial score (nSPS) is 45.1. The van der Waals surface area contributed by atoms with Gasteiger partial charge in [-0.2, -0.15) is 0 Å². The number of carbonyl (C=O) groups is 2. The Morgan fingerprint density at radius 2 is 1.62 bits per heavy atom. The lowest BCUT2D eigenvalue weighted by atomic mass is 9.59. The highest BCUT2D eigenvalue weighted by Crippen LogP contribution is 2.60. The van der Waals surface area contributed by atoms with E-state index in [1.807, 2.05) is 19.9 Å². The predicted octanol–water partition coefficient (Wildman–Crippen LogP) is 7.11. The SMILES string of the molecule is CC1=CC2CCC3(C)OC(=O)C2(CC/C(C(C)C)=C\C2C(C)(O)CCC23O)C2=C1CCC1=CCC[C@](C)(OC1=O)[C@@H](O)CC/C(C)=C\2. The van der Waals surface area contributed by atoms with Crippen molar-refractivity contribution in [2.75, 3.05) is 0 Å². The van der Waals surface area contributed by atoms with Crippen LogP contribution in [0.3, 0.4) is 0 Å². The summed E-state index contributed by atoms with van der Waals surface area (Å²) < 4.78 is 12.7. The molecule has 6 unspecified atom stereocenters. The van der Waals surface area contributed by atoms with Gasteiger partial charge in [-0.3, -0.25) is 4.79 Å². The van der Waals surface area contributed by atoms with Gasteiger partial charge in [-0.25, -0.2) is 4.79 Å². The van der Waals surface area contributed by atoms with Crippen molar-refractivity contribution in [3.63, 3.8) is 0 Å². The summed E-state index contributed by atoms with van der Waals surface area (Å²) in [4.78, 5) is 28.5. The largest absolute Gasteiger partial charge is 0.456 e. The predicted molar refractivity (Wildman–Crippen MR) is 181 cm³/mol. The fourth-order valence-electron chi connectivity index (χ4n) is 9.80. The molecule has 4 aliphatic heterocycles. The van der Waals surface area contributed by atoms with Gasteiger partial charge in [0.05, 0.1) is 17.1 Å². The number of esters is 2. The van der Waals surface area contributed by atoms with Crippen LogP contribution in [0.5, 0.6) is 0 Å². The average Bonchev–Trinajstić information content (AvgIpc) is 3.07. The number of hydrogen-bond donors (Lipinski definition) is 3. The molecule has 4 bridgehead atoms. The fourth-order valence-corrected chi connectivity index (χ4v) is 9.80. The van der Waals surface area contributed by atoms with Crippen molar-refractivity contribution < 1.29 is 34.4 Å². The molecule has 0 radical (unpaired) electrons. The highest BCUT2D eigenvalue weighted by Gasteiger charge is 2.66. The zero-order chi connectivity index (χ0) is 34.2. The van der Waals surface area contributed by atoms with Gasteiger partial charge in [0.1, 0.15) is 16.8 Å². The molecule has 4 heterocycles. The van der Waals surface area contributed by atoms with E-state index in [4.69, 9.17) is 9.47 Å². The standard InChI is InChI=1S/C40H56O7/c1-24(2)28-14-18-39-29(15-17-38(7,47-35(39)43)40(45)20-19-36(5,44)32(40)23-28)22-26(4)30-12-11-27-9-8-16-37(6,46-34(27)42)33(41)13-10-25(3)21-31(30)39/h9,21-24,29,32-33,41,44-45H,8,10-20H2,1-7H3/b25-21-,28-23+/t29?,32?,33-,36?,37-,38?,39?,40?/m0/s1. The van der Waals surface area contributed by atoms with Crippen molar-refractivity contribution >= 4 is 11.9 Å². The molecule has 0 aromatic heterocycles. The third-order valence-corrected chi connectivity index (χ3v) is 13.2. The molecular weight excluding hydrogens is 592 g/mol. The number of fused-ring (bicyclic) bond motifs is 7. The van der Waals surface area contributed by atoms with Crippen LogP contribution < -0.4 is 0 Å². The molecule has 1 saturated carbocycles. The van der Waals surface area contributed by atoms with Gasteiger partial charge in [0.2, 0.25) is 0 Å². The molecule has 258 valence electrons. The van der Waals surface area contributed by atoms with Crippen molar-refractivity contribution in [3.8, 4) is 0 Å². The van der Waals surface area contributed by atoms with Crippen LogP contribution in [0.2, 0.25) is 0 Å². The molecule has 6 rings (SSSR count). The second kappa shape index (κ2) is 11.8. The van der Waals surface area contributed by atoms with Crippen molar-refractivity contribution in [2.45, 2.75) is 154 Å². The summed E-state index contributed by atoms with van der Waals surface area (Å²) in [7, 11) is 0. The average molecular weight is 649 g/mol. The van der Waals surface area contributed by atoms with E-state index >= 15 is 4.79 Å². The Bertz CT molecular complexity index is 1490. The highest BCUT2D eigenvalue weighted by molar-refractivity contribution is 5.89. The number of aliphatic hydroxyl groups is 3. The summed E-state index contributed by atoms with van der Waals surface area (Å²) >= 11 is 0. The van der Waals surface area contributed by atoms with E-state index < -0.39 is 39.8 Å². The van der Waals surface area contributed by atoms with Crippen LogP contribution in [-0.4, -0.2) is 55.8 Å². The summed E-state index contributed by atoms with van der Waals surface area (Å²) in [6, 6.07) is 0. The maximum atomic E-state index is 15.1. The van der Waals surface area contributed by atoms with Crippen LogP contribution in [0, 0.1) is 23.2 Å². The Balaban J connectivity index is 1.54. The summed E-state index contributed by atoms with van der Waals surface area (Å²) in [5.74, 6) is -1.20. The van der Waals surface area contributed by atoms with Gasteiger partial charge < -0.3 is 24.8 Å². The molecule has 1 spiro atoms. The molecule has 7 heteroatoms. The maximum absolute atomic E-state index is 15.1. The van der Waals surface area contributed by atoms with Crippen molar-refractivity contribution in [1.29, 1.82) is 0 Å². The smallest absolute Gasteiger partial charge is 0.334 e. The Hall–Kier alpha value is -2.48. The van der Waals surface area contributed by atoms with Gasteiger partial charge in [-0.15, -0.1) is 0 Å². The molecule has 47 heavy (non-hydrogen) atoms. The minimum Gasteiger partial charge on any atom is -0.456 e. The van der Waals surface area contributed by atoms with Gasteiger partial charge in [0.15, 0.2) is 0 Å². The van der Waals surface area contributed by atoms with Crippen molar-refractivity contribution in [2.24, 2.45) is 23.2 Å². The zero-order valence-corrected chi connectivity index (χ0v) is 29.6. The fraction of sp³-hybridized carbons (Fsp3) is 0.700. The summed E-state index contributed by atoms with van der Waals surface area (Å²) in [5, 5.41) is 35.5. The minimum atomic E-state index is -1.42. The summed E-state index contributed by atoms with van der Waals surface area (Å²) in [6.45, 7) is 14.0. The number of rotatable bonds is 1.